The third-order valence-corrected chi connectivity index (χ3v) is 5.03. The Labute approximate surface area is 123 Å². The Morgan fingerprint density at radius 3 is 2.00 bits per heavy atom. The molecular weight excluding hydrogens is 272 g/mol. The van der Waals surface area contributed by atoms with Crippen LogP contribution in [0.3, 0.4) is 0 Å². The van der Waals surface area contributed by atoms with Crippen molar-refractivity contribution >= 4 is 15.7 Å². The maximum Gasteiger partial charge on any atom is 0.245 e. The highest BCUT2D eigenvalue weighted by Crippen LogP contribution is 2.27. The van der Waals surface area contributed by atoms with E-state index in [0.717, 1.165) is 0 Å². The van der Waals surface area contributed by atoms with Crippen molar-refractivity contribution in [2.24, 2.45) is 11.8 Å². The molecule has 2 N–H and O–H groups in total. The van der Waals surface area contributed by atoms with Gasteiger partial charge in [0.1, 0.15) is 4.90 Å². The quantitative estimate of drug-likeness (QED) is 0.821. The van der Waals surface area contributed by atoms with Crippen molar-refractivity contribution in [3.63, 3.8) is 0 Å². The number of sulfonamides is 1. The van der Waals surface area contributed by atoms with Gasteiger partial charge in [0.25, 0.3) is 0 Å². The number of anilines is 1. The van der Waals surface area contributed by atoms with Gasteiger partial charge in [0.2, 0.25) is 10.0 Å². The van der Waals surface area contributed by atoms with Crippen molar-refractivity contribution in [2.45, 2.75) is 39.5 Å². The average Bonchev–Trinajstić information content (AvgIpc) is 2.26. The van der Waals surface area contributed by atoms with Gasteiger partial charge >= 0.3 is 0 Å². The van der Waals surface area contributed by atoms with Gasteiger partial charge in [0, 0.05) is 13.1 Å². The van der Waals surface area contributed by atoms with Crippen molar-refractivity contribution in [3.8, 4) is 0 Å². The molecule has 0 saturated carbocycles. The summed E-state index contributed by atoms with van der Waals surface area (Å²) in [5, 5.41) is 0. The molecule has 0 fully saturated rings. The Kier molecular flexibility index (Phi) is 5.59. The van der Waals surface area contributed by atoms with Gasteiger partial charge in [-0.05, 0) is 30.4 Å². The van der Waals surface area contributed by atoms with Crippen molar-refractivity contribution in [1.82, 2.24) is 4.31 Å². The average molecular weight is 298 g/mol. The van der Waals surface area contributed by atoms with Crippen LogP contribution in [0.5, 0.6) is 0 Å². The van der Waals surface area contributed by atoms with Gasteiger partial charge < -0.3 is 5.73 Å². The second-order valence-corrected chi connectivity index (χ2v) is 7.98. The van der Waals surface area contributed by atoms with E-state index < -0.39 is 10.0 Å². The Balaban J connectivity index is 3.29. The van der Waals surface area contributed by atoms with Gasteiger partial charge in [0.15, 0.2) is 0 Å². The molecule has 1 aromatic rings. The van der Waals surface area contributed by atoms with E-state index in [1.54, 1.807) is 29.4 Å². The van der Waals surface area contributed by atoms with Gasteiger partial charge in [0.05, 0.1) is 5.69 Å². The Bertz CT molecular complexity index is 521. The minimum Gasteiger partial charge on any atom is -0.398 e. The Morgan fingerprint density at radius 1 is 1.10 bits per heavy atom. The van der Waals surface area contributed by atoms with Crippen molar-refractivity contribution in [1.29, 1.82) is 0 Å². The largest absolute Gasteiger partial charge is 0.398 e. The van der Waals surface area contributed by atoms with Gasteiger partial charge in [-0.1, -0.05) is 39.8 Å². The molecule has 0 unspecified atom stereocenters. The van der Waals surface area contributed by atoms with E-state index in [0.29, 0.717) is 24.3 Å². The maximum atomic E-state index is 12.9. The van der Waals surface area contributed by atoms with Crippen molar-refractivity contribution in [2.75, 3.05) is 18.8 Å². The molecule has 0 amide bonds. The Hall–Kier alpha value is -1.07. The molecule has 20 heavy (non-hydrogen) atoms. The summed E-state index contributed by atoms with van der Waals surface area (Å²) < 4.78 is 27.3. The van der Waals surface area contributed by atoms with E-state index in [2.05, 4.69) is 0 Å². The Morgan fingerprint density at radius 2 is 1.60 bits per heavy atom. The van der Waals surface area contributed by atoms with E-state index in [-0.39, 0.29) is 16.7 Å². The highest BCUT2D eigenvalue weighted by molar-refractivity contribution is 7.89. The zero-order valence-corrected chi connectivity index (χ0v) is 13.9. The molecule has 1 aromatic carbocycles. The monoisotopic (exact) mass is 298 g/mol. The lowest BCUT2D eigenvalue weighted by atomic mass is 10.2. The highest BCUT2D eigenvalue weighted by atomic mass is 32.2. The molecule has 0 radical (unpaired) electrons. The smallest absolute Gasteiger partial charge is 0.245 e. The zero-order chi connectivity index (χ0) is 15.5. The molecule has 0 aliphatic rings. The first-order valence-electron chi connectivity index (χ1n) is 7.01. The summed E-state index contributed by atoms with van der Waals surface area (Å²) in [4.78, 5) is 0.251. The van der Waals surface area contributed by atoms with E-state index in [4.69, 9.17) is 5.73 Å². The van der Waals surface area contributed by atoms with Gasteiger partial charge in [-0.15, -0.1) is 0 Å². The summed E-state index contributed by atoms with van der Waals surface area (Å²) in [5.41, 5.74) is 6.92. The van der Waals surface area contributed by atoms with Gasteiger partial charge in [-0.25, -0.2) is 8.42 Å². The predicted molar refractivity (Wildman–Crippen MR) is 84.0 cm³/mol. The molecule has 4 nitrogen and oxygen atoms in total. The fraction of sp³-hybridized carbons (Fsp3) is 0.600. The molecule has 0 saturated heterocycles. The van der Waals surface area contributed by atoms with Crippen LogP contribution in [0.25, 0.3) is 0 Å². The standard InChI is InChI=1S/C15H26N2O2S/c1-11(2)9-17(10-12(3)4)20(18,19)15-13(5)7-6-8-14(15)16/h6-8,11-12H,9-10,16H2,1-5H3. The lowest BCUT2D eigenvalue weighted by molar-refractivity contribution is 0.333. The van der Waals surface area contributed by atoms with E-state index in [1.807, 2.05) is 27.7 Å². The summed E-state index contributed by atoms with van der Waals surface area (Å²) in [7, 11) is -3.54. The summed E-state index contributed by atoms with van der Waals surface area (Å²) in [5.74, 6) is 0.544. The molecule has 114 valence electrons. The molecule has 5 heteroatoms. The topological polar surface area (TPSA) is 63.4 Å². The van der Waals surface area contributed by atoms with Crippen LogP contribution in [0.15, 0.2) is 23.1 Å². The number of rotatable bonds is 6. The van der Waals surface area contributed by atoms with Crippen LogP contribution in [0, 0.1) is 18.8 Å². The highest BCUT2D eigenvalue weighted by Gasteiger charge is 2.28. The molecule has 0 atom stereocenters. The van der Waals surface area contributed by atoms with Crippen LogP contribution in [-0.2, 0) is 10.0 Å². The SMILES string of the molecule is Cc1cccc(N)c1S(=O)(=O)N(CC(C)C)CC(C)C. The molecule has 0 bridgehead atoms. The number of benzene rings is 1. The first-order valence-corrected chi connectivity index (χ1v) is 8.45. The van der Waals surface area contributed by atoms with Crippen molar-refractivity contribution in [3.05, 3.63) is 23.8 Å². The lowest BCUT2D eigenvalue weighted by Gasteiger charge is -2.27. The second-order valence-electron chi connectivity index (χ2n) is 6.10. The second kappa shape index (κ2) is 6.59. The third kappa shape index (κ3) is 3.96. The zero-order valence-electron chi connectivity index (χ0n) is 13.1. The van der Waals surface area contributed by atoms with E-state index >= 15 is 0 Å². The molecular formula is C15H26N2O2S. The number of nitrogens with two attached hydrogens (primary N) is 1. The van der Waals surface area contributed by atoms with Crippen LogP contribution in [-0.4, -0.2) is 25.8 Å². The van der Waals surface area contributed by atoms with E-state index in [1.165, 1.54) is 0 Å². The summed E-state index contributed by atoms with van der Waals surface area (Å²) in [6.45, 7) is 10.9. The molecule has 0 heterocycles. The lowest BCUT2D eigenvalue weighted by Crippen LogP contribution is -2.37. The fourth-order valence-corrected chi connectivity index (χ4v) is 4.33. The molecule has 0 aromatic heterocycles. The van der Waals surface area contributed by atoms with Crippen LogP contribution in [0.2, 0.25) is 0 Å². The van der Waals surface area contributed by atoms with Crippen LogP contribution in [0.4, 0.5) is 5.69 Å². The summed E-state index contributed by atoms with van der Waals surface area (Å²) >= 11 is 0. The number of nitrogens with zero attached hydrogens (tertiary/aromatic N) is 1. The first-order chi connectivity index (χ1) is 9.16. The van der Waals surface area contributed by atoms with Crippen LogP contribution >= 0.6 is 0 Å². The normalized spacial score (nSPS) is 12.6. The number of hydrogen-bond acceptors (Lipinski definition) is 3. The molecule has 0 aliphatic carbocycles. The van der Waals surface area contributed by atoms with Crippen LogP contribution < -0.4 is 5.73 Å². The third-order valence-electron chi connectivity index (χ3n) is 2.98. The van der Waals surface area contributed by atoms with Crippen LogP contribution in [0.1, 0.15) is 33.3 Å². The first kappa shape index (κ1) is 17.0. The summed E-state index contributed by atoms with van der Waals surface area (Å²) in [6.07, 6.45) is 0. The number of aryl methyl sites for hydroxylation is 1. The van der Waals surface area contributed by atoms with Crippen molar-refractivity contribution < 1.29 is 8.42 Å². The molecule has 0 aliphatic heterocycles. The van der Waals surface area contributed by atoms with Gasteiger partial charge in [-0.3, -0.25) is 0 Å². The van der Waals surface area contributed by atoms with Gasteiger partial charge in [-0.2, -0.15) is 4.31 Å². The number of nitrogen functional groups attached to an aromatic ring is 1. The molecule has 0 spiro atoms. The minimum atomic E-state index is -3.54. The molecule has 1 rings (SSSR count). The fourth-order valence-electron chi connectivity index (χ4n) is 2.24. The number of hydrogen-bond donors (Lipinski definition) is 1. The minimum absolute atomic E-state index is 0.251. The maximum absolute atomic E-state index is 12.9. The van der Waals surface area contributed by atoms with E-state index in [9.17, 15) is 8.42 Å². The summed E-state index contributed by atoms with van der Waals surface area (Å²) in [6, 6.07) is 5.20. The predicted octanol–water partition coefficient (Wildman–Crippen LogP) is 2.88.